The maximum absolute atomic E-state index is 6.09. The molecule has 0 saturated heterocycles. The molecule has 5 heteroatoms. The molecule has 2 aromatic heterocycles. The Hall–Kier alpha value is -1.29. The van der Waals surface area contributed by atoms with Crippen molar-refractivity contribution in [3.8, 4) is 0 Å². The normalized spacial score (nSPS) is 11.9. The topological polar surface area (TPSA) is 42.2 Å². The van der Waals surface area contributed by atoms with Crippen LogP contribution in [0.15, 0.2) is 24.5 Å². The van der Waals surface area contributed by atoms with Crippen LogP contribution in [0, 0.1) is 5.41 Å². The Bertz CT molecular complexity index is 496. The summed E-state index contributed by atoms with van der Waals surface area (Å²) in [4.78, 5) is 4.49. The van der Waals surface area contributed by atoms with Gasteiger partial charge in [-0.15, -0.1) is 11.6 Å². The zero-order valence-electron chi connectivity index (χ0n) is 10.9. The van der Waals surface area contributed by atoms with Crippen molar-refractivity contribution in [3.05, 3.63) is 24.5 Å². The van der Waals surface area contributed by atoms with Gasteiger partial charge in [-0.05, 0) is 18.9 Å². The molecule has 0 aliphatic heterocycles. The van der Waals surface area contributed by atoms with Gasteiger partial charge in [0.2, 0.25) is 0 Å². The second-order valence-corrected chi connectivity index (χ2v) is 4.91. The van der Waals surface area contributed by atoms with E-state index in [1.54, 1.807) is 10.7 Å². The molecular weight excluding hydrogens is 248 g/mol. The Balaban J connectivity index is 2.09. The minimum Gasteiger partial charge on any atom is -0.369 e. The second-order valence-electron chi connectivity index (χ2n) is 4.64. The van der Waals surface area contributed by atoms with E-state index < -0.39 is 0 Å². The van der Waals surface area contributed by atoms with Gasteiger partial charge in [-0.3, -0.25) is 0 Å². The highest BCUT2D eigenvalue weighted by atomic mass is 35.5. The van der Waals surface area contributed by atoms with Crippen LogP contribution in [0.3, 0.4) is 0 Å². The van der Waals surface area contributed by atoms with Crippen molar-refractivity contribution in [1.29, 1.82) is 0 Å². The van der Waals surface area contributed by atoms with Crippen LogP contribution in [0.5, 0.6) is 0 Å². The molecule has 0 bridgehead atoms. The molecule has 98 valence electrons. The SMILES string of the molecule is CCC(CC)(CCl)CNc1ccn2nccc2n1. The molecule has 0 atom stereocenters. The van der Waals surface area contributed by atoms with Crippen LogP contribution in [0.1, 0.15) is 26.7 Å². The minimum absolute atomic E-state index is 0.148. The third kappa shape index (κ3) is 2.58. The van der Waals surface area contributed by atoms with Crippen LogP contribution in [-0.2, 0) is 0 Å². The summed E-state index contributed by atoms with van der Waals surface area (Å²) in [5, 5.41) is 7.51. The van der Waals surface area contributed by atoms with Gasteiger partial charge in [0.05, 0.1) is 6.20 Å². The Kier molecular flexibility index (Phi) is 4.07. The third-order valence-electron chi connectivity index (χ3n) is 3.69. The quantitative estimate of drug-likeness (QED) is 0.817. The van der Waals surface area contributed by atoms with Crippen molar-refractivity contribution >= 4 is 23.1 Å². The van der Waals surface area contributed by atoms with Gasteiger partial charge in [0.1, 0.15) is 5.82 Å². The highest BCUT2D eigenvalue weighted by molar-refractivity contribution is 6.18. The molecule has 2 heterocycles. The lowest BCUT2D eigenvalue weighted by Gasteiger charge is -2.29. The number of anilines is 1. The Morgan fingerprint density at radius 2 is 2.11 bits per heavy atom. The molecule has 0 aromatic carbocycles. The van der Waals surface area contributed by atoms with Crippen molar-refractivity contribution in [2.24, 2.45) is 5.41 Å². The number of halogens is 1. The van der Waals surface area contributed by atoms with Gasteiger partial charge in [0.25, 0.3) is 0 Å². The first-order valence-corrected chi connectivity index (χ1v) is 6.86. The van der Waals surface area contributed by atoms with Gasteiger partial charge in [-0.2, -0.15) is 5.10 Å². The first kappa shape index (κ1) is 13.1. The lowest BCUT2D eigenvalue weighted by atomic mass is 9.84. The molecule has 1 N–H and O–H groups in total. The van der Waals surface area contributed by atoms with E-state index in [1.165, 1.54) is 0 Å². The summed E-state index contributed by atoms with van der Waals surface area (Å²) in [5.41, 5.74) is 1.000. The standard InChI is InChI=1S/C13H19ClN4/c1-3-13(4-2,9-14)10-15-11-6-8-18-12(17-11)5-7-16-18/h5-8H,3-4,9-10H2,1-2H3,(H,15,17). The fourth-order valence-corrected chi connectivity index (χ4v) is 2.40. The number of aromatic nitrogens is 3. The molecule has 0 spiro atoms. The van der Waals surface area contributed by atoms with E-state index in [-0.39, 0.29) is 5.41 Å². The summed E-state index contributed by atoms with van der Waals surface area (Å²) in [6.07, 6.45) is 5.78. The van der Waals surface area contributed by atoms with Crippen molar-refractivity contribution in [3.63, 3.8) is 0 Å². The fourth-order valence-electron chi connectivity index (χ4n) is 1.93. The van der Waals surface area contributed by atoms with E-state index >= 15 is 0 Å². The van der Waals surface area contributed by atoms with E-state index in [0.717, 1.165) is 30.9 Å². The van der Waals surface area contributed by atoms with E-state index in [2.05, 4.69) is 29.2 Å². The predicted octanol–water partition coefficient (Wildman–Crippen LogP) is 3.19. The van der Waals surface area contributed by atoms with Crippen LogP contribution < -0.4 is 5.32 Å². The van der Waals surface area contributed by atoms with E-state index in [4.69, 9.17) is 11.6 Å². The highest BCUT2D eigenvalue weighted by Gasteiger charge is 2.24. The first-order valence-electron chi connectivity index (χ1n) is 6.33. The average Bonchev–Trinajstić information content (AvgIpc) is 2.88. The summed E-state index contributed by atoms with van der Waals surface area (Å²) in [6.45, 7) is 5.21. The van der Waals surface area contributed by atoms with Crippen LogP contribution in [0.4, 0.5) is 5.82 Å². The van der Waals surface area contributed by atoms with E-state index in [1.807, 2.05) is 18.3 Å². The average molecular weight is 267 g/mol. The maximum atomic E-state index is 6.09. The number of alkyl halides is 1. The van der Waals surface area contributed by atoms with Crippen molar-refractivity contribution < 1.29 is 0 Å². The molecular formula is C13H19ClN4. The van der Waals surface area contributed by atoms with Crippen LogP contribution in [0.25, 0.3) is 5.65 Å². The molecule has 0 fully saturated rings. The van der Waals surface area contributed by atoms with E-state index in [0.29, 0.717) is 5.88 Å². The number of nitrogens with one attached hydrogen (secondary N) is 1. The number of hydrogen-bond donors (Lipinski definition) is 1. The zero-order valence-corrected chi connectivity index (χ0v) is 11.6. The largest absolute Gasteiger partial charge is 0.369 e. The Labute approximate surface area is 112 Å². The van der Waals surface area contributed by atoms with Crippen LogP contribution in [0.2, 0.25) is 0 Å². The van der Waals surface area contributed by atoms with Gasteiger partial charge in [-0.25, -0.2) is 9.50 Å². The summed E-state index contributed by atoms with van der Waals surface area (Å²) >= 11 is 6.09. The lowest BCUT2D eigenvalue weighted by Crippen LogP contribution is -2.30. The number of fused-ring (bicyclic) bond motifs is 1. The molecule has 4 nitrogen and oxygen atoms in total. The molecule has 0 saturated carbocycles. The van der Waals surface area contributed by atoms with E-state index in [9.17, 15) is 0 Å². The summed E-state index contributed by atoms with van der Waals surface area (Å²) in [7, 11) is 0. The van der Waals surface area contributed by atoms with Crippen LogP contribution >= 0.6 is 11.6 Å². The molecule has 0 radical (unpaired) electrons. The first-order chi connectivity index (χ1) is 8.73. The lowest BCUT2D eigenvalue weighted by molar-refractivity contribution is 0.326. The minimum atomic E-state index is 0.148. The smallest absolute Gasteiger partial charge is 0.157 e. The van der Waals surface area contributed by atoms with Crippen molar-refractivity contribution in [2.45, 2.75) is 26.7 Å². The maximum Gasteiger partial charge on any atom is 0.157 e. The summed E-state index contributed by atoms with van der Waals surface area (Å²) in [5.74, 6) is 1.54. The molecule has 2 aromatic rings. The fraction of sp³-hybridized carbons (Fsp3) is 0.538. The third-order valence-corrected chi connectivity index (χ3v) is 4.25. The Morgan fingerprint density at radius 1 is 1.33 bits per heavy atom. The van der Waals surface area contributed by atoms with Gasteiger partial charge >= 0.3 is 0 Å². The van der Waals surface area contributed by atoms with Gasteiger partial charge in [0, 0.05) is 30.1 Å². The number of nitrogens with zero attached hydrogens (tertiary/aromatic N) is 3. The van der Waals surface area contributed by atoms with Gasteiger partial charge in [0.15, 0.2) is 5.65 Å². The Morgan fingerprint density at radius 3 is 2.78 bits per heavy atom. The highest BCUT2D eigenvalue weighted by Crippen LogP contribution is 2.28. The number of hydrogen-bond acceptors (Lipinski definition) is 3. The monoisotopic (exact) mass is 266 g/mol. The molecule has 2 rings (SSSR count). The molecule has 0 amide bonds. The molecule has 0 aliphatic carbocycles. The number of rotatable bonds is 6. The summed E-state index contributed by atoms with van der Waals surface area (Å²) in [6, 6.07) is 3.82. The van der Waals surface area contributed by atoms with Crippen molar-refractivity contribution in [1.82, 2.24) is 14.6 Å². The molecule has 18 heavy (non-hydrogen) atoms. The van der Waals surface area contributed by atoms with Crippen LogP contribution in [-0.4, -0.2) is 27.0 Å². The molecule has 0 unspecified atom stereocenters. The molecule has 0 aliphatic rings. The van der Waals surface area contributed by atoms with Gasteiger partial charge in [-0.1, -0.05) is 13.8 Å². The van der Waals surface area contributed by atoms with Crippen molar-refractivity contribution in [2.75, 3.05) is 17.7 Å². The zero-order chi connectivity index (χ0) is 13.0. The summed E-state index contributed by atoms with van der Waals surface area (Å²) < 4.78 is 1.75. The predicted molar refractivity (Wildman–Crippen MR) is 75.2 cm³/mol. The second kappa shape index (κ2) is 5.57. The van der Waals surface area contributed by atoms with Gasteiger partial charge < -0.3 is 5.32 Å².